The molecule has 1 fully saturated rings. The van der Waals surface area contributed by atoms with Crippen LogP contribution in [0.1, 0.15) is 58.4 Å². The van der Waals surface area contributed by atoms with E-state index in [1.54, 1.807) is 24.5 Å². The topological polar surface area (TPSA) is 68.3 Å². The minimum absolute atomic E-state index is 0.0582. The molecular formula is C24H24N2O3S. The highest BCUT2D eigenvalue weighted by Gasteiger charge is 2.26. The fourth-order valence-corrected chi connectivity index (χ4v) is 4.62. The van der Waals surface area contributed by atoms with Crippen molar-refractivity contribution in [2.75, 3.05) is 5.32 Å². The molecule has 30 heavy (non-hydrogen) atoms. The summed E-state index contributed by atoms with van der Waals surface area (Å²) in [7, 11) is 0. The monoisotopic (exact) mass is 420 g/mol. The Bertz CT molecular complexity index is 1020. The van der Waals surface area contributed by atoms with E-state index < -0.39 is 0 Å². The zero-order valence-corrected chi connectivity index (χ0v) is 17.7. The molecule has 5 nitrogen and oxygen atoms in total. The van der Waals surface area contributed by atoms with Crippen LogP contribution >= 0.6 is 11.3 Å². The van der Waals surface area contributed by atoms with Crippen molar-refractivity contribution >= 4 is 28.2 Å². The summed E-state index contributed by atoms with van der Waals surface area (Å²) in [5, 5.41) is 5.31. The van der Waals surface area contributed by atoms with E-state index in [-0.39, 0.29) is 18.0 Å². The van der Waals surface area contributed by atoms with Crippen molar-refractivity contribution < 1.29 is 14.3 Å². The first-order chi connectivity index (χ1) is 14.6. The van der Waals surface area contributed by atoms with Gasteiger partial charge in [-0.25, -0.2) is 4.79 Å². The molecule has 1 aliphatic carbocycles. The summed E-state index contributed by atoms with van der Waals surface area (Å²) >= 11 is 1.33. The molecule has 0 unspecified atom stereocenters. The minimum atomic E-state index is -0.380. The van der Waals surface area contributed by atoms with Gasteiger partial charge in [0, 0.05) is 28.9 Å². The van der Waals surface area contributed by atoms with Crippen LogP contribution in [0.2, 0.25) is 0 Å². The molecule has 0 bridgehead atoms. The second-order valence-electron chi connectivity index (χ2n) is 7.57. The predicted octanol–water partition coefficient (Wildman–Crippen LogP) is 5.86. The number of nitrogens with zero attached hydrogens (tertiary/aromatic N) is 1. The molecule has 1 saturated carbocycles. The molecule has 0 radical (unpaired) electrons. The number of hydrogen-bond donors (Lipinski definition) is 1. The molecule has 0 spiro atoms. The summed E-state index contributed by atoms with van der Waals surface area (Å²) in [5.74, 6) is -0.626. The lowest BCUT2D eigenvalue weighted by Crippen LogP contribution is -2.22. The van der Waals surface area contributed by atoms with Crippen LogP contribution < -0.4 is 5.32 Å². The number of rotatable bonds is 5. The van der Waals surface area contributed by atoms with E-state index in [1.165, 1.54) is 17.8 Å². The highest BCUT2D eigenvalue weighted by atomic mass is 32.1. The summed E-state index contributed by atoms with van der Waals surface area (Å²) in [5.41, 5.74) is 3.66. The average Bonchev–Trinajstić information content (AvgIpc) is 3.19. The van der Waals surface area contributed by atoms with Crippen molar-refractivity contribution in [1.29, 1.82) is 0 Å². The molecule has 1 N–H and O–H groups in total. The second kappa shape index (κ2) is 9.22. The Kier molecular flexibility index (Phi) is 6.23. The van der Waals surface area contributed by atoms with Gasteiger partial charge in [0.2, 0.25) is 0 Å². The van der Waals surface area contributed by atoms with Gasteiger partial charge < -0.3 is 10.1 Å². The van der Waals surface area contributed by atoms with Crippen molar-refractivity contribution in [2.45, 2.75) is 45.1 Å². The number of anilines is 1. The van der Waals surface area contributed by atoms with Gasteiger partial charge in [-0.2, -0.15) is 0 Å². The van der Waals surface area contributed by atoms with E-state index in [9.17, 15) is 9.59 Å². The number of aryl methyl sites for hydroxylation is 1. The smallest absolute Gasteiger partial charge is 0.342 e. The van der Waals surface area contributed by atoms with Gasteiger partial charge >= 0.3 is 5.97 Å². The molecule has 1 amide bonds. The maximum Gasteiger partial charge on any atom is 0.342 e. The fraction of sp³-hybridized carbons (Fsp3) is 0.292. The maximum atomic E-state index is 13.2. The van der Waals surface area contributed by atoms with Crippen LogP contribution in [-0.4, -0.2) is 23.0 Å². The van der Waals surface area contributed by atoms with Crippen LogP contribution in [0, 0.1) is 6.92 Å². The van der Waals surface area contributed by atoms with E-state index in [0.717, 1.165) is 42.4 Å². The van der Waals surface area contributed by atoms with Crippen molar-refractivity contribution in [2.24, 2.45) is 0 Å². The van der Waals surface area contributed by atoms with Gasteiger partial charge in [-0.1, -0.05) is 24.1 Å². The summed E-state index contributed by atoms with van der Waals surface area (Å²) in [6, 6.07) is 11.0. The first-order valence-electron chi connectivity index (χ1n) is 10.2. The SMILES string of the molecule is Cc1ccc(C(=O)Nc2scc(-c3ccncc3)c2C(=O)OC2CCCCC2)cc1. The lowest BCUT2D eigenvalue weighted by atomic mass is 9.97. The van der Waals surface area contributed by atoms with Crippen molar-refractivity contribution in [1.82, 2.24) is 4.98 Å². The lowest BCUT2D eigenvalue weighted by Gasteiger charge is -2.22. The Morgan fingerprint density at radius 1 is 1.03 bits per heavy atom. The molecule has 1 aliphatic rings. The number of esters is 1. The fourth-order valence-electron chi connectivity index (χ4n) is 3.67. The van der Waals surface area contributed by atoms with Gasteiger partial charge in [0.15, 0.2) is 0 Å². The average molecular weight is 421 g/mol. The number of amides is 1. The van der Waals surface area contributed by atoms with Crippen LogP contribution in [0.15, 0.2) is 54.2 Å². The number of thiophene rings is 1. The molecule has 6 heteroatoms. The molecule has 3 aromatic rings. The number of carbonyl (C=O) groups excluding carboxylic acids is 2. The summed E-state index contributed by atoms with van der Waals surface area (Å²) in [6.45, 7) is 1.97. The van der Waals surface area contributed by atoms with E-state index in [2.05, 4.69) is 10.3 Å². The summed E-state index contributed by atoms with van der Waals surface area (Å²) in [6.07, 6.45) is 8.45. The van der Waals surface area contributed by atoms with Gasteiger partial charge in [-0.05, 0) is 62.4 Å². The quantitative estimate of drug-likeness (QED) is 0.525. The lowest BCUT2D eigenvalue weighted by molar-refractivity contribution is 0.0214. The van der Waals surface area contributed by atoms with E-state index in [0.29, 0.717) is 16.1 Å². The number of ether oxygens (including phenoxy) is 1. The number of carbonyl (C=O) groups is 2. The number of aromatic nitrogens is 1. The molecule has 0 atom stereocenters. The Balaban J connectivity index is 1.64. The van der Waals surface area contributed by atoms with E-state index in [4.69, 9.17) is 4.74 Å². The highest BCUT2D eigenvalue weighted by Crippen LogP contribution is 2.37. The van der Waals surface area contributed by atoms with Gasteiger partial charge in [0.25, 0.3) is 5.91 Å². The van der Waals surface area contributed by atoms with Gasteiger partial charge in [-0.3, -0.25) is 9.78 Å². The molecule has 1 aromatic carbocycles. The standard InChI is InChI=1S/C24H24N2O3S/c1-16-7-9-18(10-8-16)22(27)26-23-21(24(28)29-19-5-3-2-4-6-19)20(15-30-23)17-11-13-25-14-12-17/h7-15,19H,2-6H2,1H3,(H,26,27). The van der Waals surface area contributed by atoms with E-state index >= 15 is 0 Å². The molecule has 4 rings (SSSR count). The van der Waals surface area contributed by atoms with Crippen LogP contribution in [-0.2, 0) is 4.74 Å². The van der Waals surface area contributed by atoms with Crippen LogP contribution in [0.25, 0.3) is 11.1 Å². The Morgan fingerprint density at radius 3 is 2.43 bits per heavy atom. The third-order valence-corrected chi connectivity index (χ3v) is 6.25. The summed E-state index contributed by atoms with van der Waals surface area (Å²) in [4.78, 5) is 30.0. The summed E-state index contributed by atoms with van der Waals surface area (Å²) < 4.78 is 5.84. The van der Waals surface area contributed by atoms with Crippen molar-refractivity contribution in [3.63, 3.8) is 0 Å². The van der Waals surface area contributed by atoms with Gasteiger partial charge in [0.1, 0.15) is 16.7 Å². The third-order valence-electron chi connectivity index (χ3n) is 5.35. The van der Waals surface area contributed by atoms with Crippen LogP contribution in [0.5, 0.6) is 0 Å². The first kappa shape index (κ1) is 20.3. The van der Waals surface area contributed by atoms with Gasteiger partial charge in [0.05, 0.1) is 0 Å². The highest BCUT2D eigenvalue weighted by molar-refractivity contribution is 7.15. The van der Waals surface area contributed by atoms with Crippen molar-refractivity contribution in [3.05, 3.63) is 70.9 Å². The van der Waals surface area contributed by atoms with Gasteiger partial charge in [-0.15, -0.1) is 11.3 Å². The largest absolute Gasteiger partial charge is 0.459 e. The predicted molar refractivity (Wildman–Crippen MR) is 119 cm³/mol. The third kappa shape index (κ3) is 4.60. The molecule has 2 heterocycles. The first-order valence-corrected chi connectivity index (χ1v) is 11.1. The van der Waals surface area contributed by atoms with Crippen molar-refractivity contribution in [3.8, 4) is 11.1 Å². The number of nitrogens with one attached hydrogen (secondary N) is 1. The number of pyridine rings is 1. The molecule has 2 aromatic heterocycles. The van der Waals surface area contributed by atoms with E-state index in [1.807, 2.05) is 36.6 Å². The van der Waals surface area contributed by atoms with Crippen LogP contribution in [0.4, 0.5) is 5.00 Å². The second-order valence-corrected chi connectivity index (χ2v) is 8.45. The number of benzene rings is 1. The Labute approximate surface area is 180 Å². The molecule has 154 valence electrons. The maximum absolute atomic E-state index is 13.2. The Morgan fingerprint density at radius 2 is 1.73 bits per heavy atom. The number of hydrogen-bond acceptors (Lipinski definition) is 5. The molecular weight excluding hydrogens is 396 g/mol. The minimum Gasteiger partial charge on any atom is -0.459 e. The molecule has 0 saturated heterocycles. The van der Waals surface area contributed by atoms with Crippen LogP contribution in [0.3, 0.4) is 0 Å². The Hall–Kier alpha value is -2.99. The zero-order valence-electron chi connectivity index (χ0n) is 16.9. The molecule has 0 aliphatic heterocycles. The zero-order chi connectivity index (χ0) is 20.9. The normalized spacial score (nSPS) is 14.3.